The lowest BCUT2D eigenvalue weighted by molar-refractivity contribution is 0.466. The number of phenolic OH excluding ortho intramolecular Hbond substituents is 3. The summed E-state index contributed by atoms with van der Waals surface area (Å²) in [6.45, 7) is 0. The number of para-hydroxylation sites is 2. The predicted molar refractivity (Wildman–Crippen MR) is 142 cm³/mol. The molecule has 33 heavy (non-hydrogen) atoms. The number of halogens is 8. The Bertz CT molecular complexity index is 923. The van der Waals surface area contributed by atoms with Crippen LogP contribution in [0.25, 0.3) is 0 Å². The van der Waals surface area contributed by atoms with E-state index in [1.54, 1.807) is 48.5 Å². The fourth-order valence-electron chi connectivity index (χ4n) is 2.26. The highest BCUT2D eigenvalue weighted by Crippen LogP contribution is 2.52. The third kappa shape index (κ3) is 11.1. The highest BCUT2D eigenvalue weighted by atomic mass is 35.6. The van der Waals surface area contributed by atoms with Crippen molar-refractivity contribution in [2.75, 3.05) is 0 Å². The van der Waals surface area contributed by atoms with Crippen molar-refractivity contribution in [1.29, 1.82) is 0 Å². The standard InChI is InChI=1S/C10H6Cl8O.2C6H6O/c11-7(9(13,14)15)4-2-1-3-5(19)6(4)8(12)10(16,17)18;2*7-6-4-2-1-3-5-6/h1-3,7-8,19H;2*1-5,7H. The number of alkyl halides is 8. The van der Waals surface area contributed by atoms with E-state index in [1.165, 1.54) is 18.2 Å². The summed E-state index contributed by atoms with van der Waals surface area (Å²) in [6.07, 6.45) is 0. The number of aromatic hydroxyl groups is 3. The van der Waals surface area contributed by atoms with Crippen LogP contribution in [0.4, 0.5) is 0 Å². The minimum Gasteiger partial charge on any atom is -0.508 e. The van der Waals surface area contributed by atoms with E-state index in [0.717, 1.165) is 0 Å². The van der Waals surface area contributed by atoms with Gasteiger partial charge in [0.15, 0.2) is 0 Å². The maximum Gasteiger partial charge on any atom is 0.210 e. The maximum atomic E-state index is 9.89. The summed E-state index contributed by atoms with van der Waals surface area (Å²) in [5, 5.41) is 24.9. The summed E-state index contributed by atoms with van der Waals surface area (Å²) in [4.78, 5) is 0. The summed E-state index contributed by atoms with van der Waals surface area (Å²) in [7, 11) is 0. The molecule has 0 saturated carbocycles. The van der Waals surface area contributed by atoms with Gasteiger partial charge in [-0.3, -0.25) is 0 Å². The van der Waals surface area contributed by atoms with Gasteiger partial charge in [0, 0.05) is 5.56 Å². The minimum atomic E-state index is -1.86. The molecule has 180 valence electrons. The Morgan fingerprint density at radius 2 is 0.909 bits per heavy atom. The summed E-state index contributed by atoms with van der Waals surface area (Å²) in [5.41, 5.74) is 0.378. The number of benzene rings is 3. The second-order valence-corrected chi connectivity index (χ2v) is 11.9. The molecule has 0 aliphatic carbocycles. The largest absolute Gasteiger partial charge is 0.508 e. The lowest BCUT2D eigenvalue weighted by atomic mass is 10.0. The predicted octanol–water partition coefficient (Wildman–Crippen LogP) is 9.48. The molecule has 0 amide bonds. The molecule has 0 heterocycles. The van der Waals surface area contributed by atoms with Gasteiger partial charge >= 0.3 is 0 Å². The van der Waals surface area contributed by atoms with Crippen molar-refractivity contribution < 1.29 is 15.3 Å². The van der Waals surface area contributed by atoms with Crippen LogP contribution in [-0.2, 0) is 0 Å². The normalized spacial score (nSPS) is 13.0. The van der Waals surface area contributed by atoms with E-state index in [0.29, 0.717) is 11.5 Å². The van der Waals surface area contributed by atoms with Crippen LogP contribution in [0.3, 0.4) is 0 Å². The van der Waals surface area contributed by atoms with Gasteiger partial charge in [-0.05, 0) is 35.9 Å². The maximum absolute atomic E-state index is 9.89. The number of phenols is 3. The molecule has 3 rings (SSSR count). The zero-order valence-corrected chi connectivity index (χ0v) is 22.6. The lowest BCUT2D eigenvalue weighted by Gasteiger charge is -2.26. The van der Waals surface area contributed by atoms with Crippen LogP contribution >= 0.6 is 92.8 Å². The fraction of sp³-hybridized carbons (Fsp3) is 0.182. The highest BCUT2D eigenvalue weighted by Gasteiger charge is 2.40. The van der Waals surface area contributed by atoms with Crippen molar-refractivity contribution in [1.82, 2.24) is 0 Å². The van der Waals surface area contributed by atoms with Gasteiger partial charge in [0.25, 0.3) is 0 Å². The van der Waals surface area contributed by atoms with E-state index >= 15 is 0 Å². The van der Waals surface area contributed by atoms with Gasteiger partial charge in [0.05, 0.1) is 0 Å². The van der Waals surface area contributed by atoms with Crippen molar-refractivity contribution in [3.8, 4) is 17.2 Å². The molecule has 0 aliphatic rings. The summed E-state index contributed by atoms with van der Waals surface area (Å²) in [5.74, 6) is 0.439. The average molecular weight is 614 g/mol. The van der Waals surface area contributed by atoms with Crippen molar-refractivity contribution in [3.63, 3.8) is 0 Å². The molecule has 0 radical (unpaired) electrons. The quantitative estimate of drug-likeness (QED) is 0.252. The molecule has 11 heteroatoms. The van der Waals surface area contributed by atoms with Crippen LogP contribution in [-0.4, -0.2) is 22.9 Å². The van der Waals surface area contributed by atoms with Crippen LogP contribution < -0.4 is 0 Å². The molecule has 2 atom stereocenters. The first-order chi connectivity index (χ1) is 15.2. The van der Waals surface area contributed by atoms with Gasteiger partial charge < -0.3 is 15.3 Å². The Morgan fingerprint density at radius 3 is 1.21 bits per heavy atom. The molecule has 3 aromatic carbocycles. The molecule has 0 spiro atoms. The number of hydrogen-bond acceptors (Lipinski definition) is 3. The Labute approximate surface area is 232 Å². The van der Waals surface area contributed by atoms with Gasteiger partial charge in [0.2, 0.25) is 7.59 Å². The first kappa shape index (κ1) is 30.4. The second kappa shape index (κ2) is 14.1. The minimum absolute atomic E-state index is 0.107. The van der Waals surface area contributed by atoms with Gasteiger partial charge in [-0.25, -0.2) is 0 Å². The van der Waals surface area contributed by atoms with Crippen LogP contribution in [0.5, 0.6) is 17.2 Å². The van der Waals surface area contributed by atoms with Crippen LogP contribution in [0.15, 0.2) is 78.9 Å². The van der Waals surface area contributed by atoms with Crippen molar-refractivity contribution in [3.05, 3.63) is 90.0 Å². The zero-order chi connectivity index (χ0) is 25.2. The first-order valence-corrected chi connectivity index (χ1v) is 12.1. The molecule has 0 aliphatic heterocycles. The third-order valence-electron chi connectivity index (χ3n) is 3.73. The van der Waals surface area contributed by atoms with E-state index in [-0.39, 0.29) is 16.9 Å². The first-order valence-electron chi connectivity index (χ1n) is 8.96. The SMILES string of the molecule is Oc1cccc(C(Cl)C(Cl)(Cl)Cl)c1C(Cl)C(Cl)(Cl)Cl.Oc1ccccc1.Oc1ccccc1. The fourth-order valence-corrected chi connectivity index (χ4v) is 3.37. The Morgan fingerprint density at radius 1 is 0.515 bits per heavy atom. The summed E-state index contributed by atoms with van der Waals surface area (Å²) < 4.78 is -3.67. The molecule has 3 aromatic rings. The van der Waals surface area contributed by atoms with E-state index < -0.39 is 18.3 Å². The van der Waals surface area contributed by atoms with E-state index in [2.05, 4.69) is 0 Å². The van der Waals surface area contributed by atoms with E-state index in [4.69, 9.17) is 103 Å². The Balaban J connectivity index is 0.000000313. The van der Waals surface area contributed by atoms with Gasteiger partial charge in [-0.15, -0.1) is 23.2 Å². The summed E-state index contributed by atoms with van der Waals surface area (Å²) >= 11 is 46.5. The van der Waals surface area contributed by atoms with Crippen molar-refractivity contribution in [2.45, 2.75) is 18.3 Å². The van der Waals surface area contributed by atoms with Crippen LogP contribution in [0, 0.1) is 0 Å². The van der Waals surface area contributed by atoms with Gasteiger partial charge in [-0.2, -0.15) is 0 Å². The monoisotopic (exact) mass is 610 g/mol. The molecular formula is C22H18Cl8O3. The summed E-state index contributed by atoms with van der Waals surface area (Å²) in [6, 6.07) is 21.8. The molecule has 0 saturated heterocycles. The Kier molecular flexibility index (Phi) is 13.0. The molecule has 2 unspecified atom stereocenters. The topological polar surface area (TPSA) is 60.7 Å². The molecule has 3 nitrogen and oxygen atoms in total. The highest BCUT2D eigenvalue weighted by molar-refractivity contribution is 6.71. The van der Waals surface area contributed by atoms with Crippen LogP contribution in [0.1, 0.15) is 21.9 Å². The Hall–Kier alpha value is -0.620. The molecular weight excluding hydrogens is 596 g/mol. The van der Waals surface area contributed by atoms with Crippen LogP contribution in [0.2, 0.25) is 0 Å². The lowest BCUT2D eigenvalue weighted by Crippen LogP contribution is -2.18. The second-order valence-electron chi connectivity index (χ2n) is 6.26. The molecule has 0 aromatic heterocycles. The molecule has 3 N–H and O–H groups in total. The van der Waals surface area contributed by atoms with E-state index in [9.17, 15) is 5.11 Å². The van der Waals surface area contributed by atoms with Crippen molar-refractivity contribution in [2.24, 2.45) is 0 Å². The molecule has 0 fully saturated rings. The number of rotatable bonds is 2. The smallest absolute Gasteiger partial charge is 0.210 e. The van der Waals surface area contributed by atoms with Gasteiger partial charge in [0.1, 0.15) is 28.0 Å². The van der Waals surface area contributed by atoms with Gasteiger partial charge in [-0.1, -0.05) is 118 Å². The van der Waals surface area contributed by atoms with Crippen molar-refractivity contribution >= 4 is 92.8 Å². The van der Waals surface area contributed by atoms with E-state index in [1.807, 2.05) is 12.1 Å². The third-order valence-corrected chi connectivity index (χ3v) is 6.82. The number of hydrogen-bond donors (Lipinski definition) is 3. The zero-order valence-electron chi connectivity index (χ0n) is 16.5. The average Bonchev–Trinajstić information content (AvgIpc) is 2.73. The molecule has 0 bridgehead atoms.